The Hall–Kier alpha value is -1.66. The van der Waals surface area contributed by atoms with Gasteiger partial charge in [0, 0.05) is 15.0 Å². The SMILES string of the molecule is O=C(NCc1cccs1)C(=O)Nc1cccc(Br)c1. The Morgan fingerprint density at radius 3 is 2.68 bits per heavy atom. The maximum Gasteiger partial charge on any atom is 0.313 e. The molecule has 0 saturated carbocycles. The van der Waals surface area contributed by atoms with E-state index in [9.17, 15) is 9.59 Å². The third-order valence-corrected chi connectivity index (χ3v) is 3.66. The van der Waals surface area contributed by atoms with Gasteiger partial charge in [-0.15, -0.1) is 11.3 Å². The molecule has 2 rings (SSSR count). The van der Waals surface area contributed by atoms with Crippen LogP contribution in [0.15, 0.2) is 46.3 Å². The highest BCUT2D eigenvalue weighted by atomic mass is 79.9. The molecule has 0 aliphatic carbocycles. The molecule has 98 valence electrons. The van der Waals surface area contributed by atoms with Crippen LogP contribution in [0.4, 0.5) is 5.69 Å². The monoisotopic (exact) mass is 338 g/mol. The molecule has 1 heterocycles. The van der Waals surface area contributed by atoms with E-state index < -0.39 is 11.8 Å². The van der Waals surface area contributed by atoms with Gasteiger partial charge in [-0.3, -0.25) is 9.59 Å². The van der Waals surface area contributed by atoms with E-state index in [0.717, 1.165) is 9.35 Å². The lowest BCUT2D eigenvalue weighted by molar-refractivity contribution is -0.136. The lowest BCUT2D eigenvalue weighted by Gasteiger charge is -2.06. The van der Waals surface area contributed by atoms with Gasteiger partial charge in [-0.1, -0.05) is 28.1 Å². The minimum atomic E-state index is -0.672. The van der Waals surface area contributed by atoms with Gasteiger partial charge in [0.1, 0.15) is 0 Å². The van der Waals surface area contributed by atoms with E-state index in [1.165, 1.54) is 11.3 Å². The van der Waals surface area contributed by atoms with E-state index in [1.54, 1.807) is 18.2 Å². The normalized spacial score (nSPS) is 9.95. The van der Waals surface area contributed by atoms with Crippen LogP contribution in [0.2, 0.25) is 0 Å². The molecule has 0 unspecified atom stereocenters. The molecule has 6 heteroatoms. The van der Waals surface area contributed by atoms with Gasteiger partial charge in [0.25, 0.3) is 0 Å². The molecule has 0 atom stereocenters. The summed E-state index contributed by atoms with van der Waals surface area (Å²) in [5, 5.41) is 7.02. The maximum atomic E-state index is 11.6. The molecule has 0 spiro atoms. The van der Waals surface area contributed by atoms with Gasteiger partial charge in [-0.2, -0.15) is 0 Å². The van der Waals surface area contributed by atoms with Crippen LogP contribution in [0.5, 0.6) is 0 Å². The van der Waals surface area contributed by atoms with Crippen molar-refractivity contribution < 1.29 is 9.59 Å². The molecule has 0 fully saturated rings. The fourth-order valence-electron chi connectivity index (χ4n) is 1.41. The molecule has 0 aliphatic heterocycles. The summed E-state index contributed by atoms with van der Waals surface area (Å²) in [7, 11) is 0. The highest BCUT2D eigenvalue weighted by Crippen LogP contribution is 2.15. The third kappa shape index (κ3) is 4.18. The van der Waals surface area contributed by atoms with Crippen molar-refractivity contribution in [2.24, 2.45) is 0 Å². The van der Waals surface area contributed by atoms with Crippen LogP contribution in [-0.2, 0) is 16.1 Å². The first kappa shape index (κ1) is 13.8. The first-order chi connectivity index (χ1) is 9.15. The molecule has 0 bridgehead atoms. The van der Waals surface area contributed by atoms with Crippen LogP contribution in [0, 0.1) is 0 Å². The van der Waals surface area contributed by atoms with Gasteiger partial charge < -0.3 is 10.6 Å². The fourth-order valence-corrected chi connectivity index (χ4v) is 2.46. The van der Waals surface area contributed by atoms with E-state index >= 15 is 0 Å². The standard InChI is InChI=1S/C13H11BrN2O2S/c14-9-3-1-4-10(7-9)16-13(18)12(17)15-8-11-5-2-6-19-11/h1-7H,8H2,(H,15,17)(H,16,18). The Morgan fingerprint density at radius 2 is 2.00 bits per heavy atom. The van der Waals surface area contributed by atoms with Crippen molar-refractivity contribution in [3.8, 4) is 0 Å². The van der Waals surface area contributed by atoms with Crippen LogP contribution >= 0.6 is 27.3 Å². The van der Waals surface area contributed by atoms with E-state index in [2.05, 4.69) is 26.6 Å². The van der Waals surface area contributed by atoms with Crippen LogP contribution in [0.1, 0.15) is 4.88 Å². The summed E-state index contributed by atoms with van der Waals surface area (Å²) in [5.74, 6) is -1.32. The van der Waals surface area contributed by atoms with Crippen LogP contribution in [-0.4, -0.2) is 11.8 Å². The summed E-state index contributed by atoms with van der Waals surface area (Å²) in [5.41, 5.74) is 0.575. The highest BCUT2D eigenvalue weighted by Gasteiger charge is 2.13. The zero-order valence-corrected chi connectivity index (χ0v) is 12.3. The number of hydrogen-bond acceptors (Lipinski definition) is 3. The molecule has 2 aromatic rings. The van der Waals surface area contributed by atoms with Gasteiger partial charge in [-0.05, 0) is 29.6 Å². The number of carbonyl (C=O) groups is 2. The quantitative estimate of drug-likeness (QED) is 0.845. The summed E-state index contributed by atoms with van der Waals surface area (Å²) >= 11 is 4.83. The van der Waals surface area contributed by atoms with Crippen molar-refractivity contribution >= 4 is 44.8 Å². The van der Waals surface area contributed by atoms with Crippen molar-refractivity contribution in [3.05, 3.63) is 51.1 Å². The van der Waals surface area contributed by atoms with Gasteiger partial charge in [-0.25, -0.2) is 0 Å². The van der Waals surface area contributed by atoms with E-state index in [4.69, 9.17) is 0 Å². The number of carbonyl (C=O) groups excluding carboxylic acids is 2. The number of halogens is 1. The minimum absolute atomic E-state index is 0.363. The number of thiophene rings is 1. The molecule has 2 amide bonds. The first-order valence-electron chi connectivity index (χ1n) is 5.52. The number of hydrogen-bond donors (Lipinski definition) is 2. The van der Waals surface area contributed by atoms with Gasteiger partial charge in [0.2, 0.25) is 0 Å². The molecule has 0 radical (unpaired) electrons. The molecule has 0 aliphatic rings. The molecular formula is C13H11BrN2O2S. The van der Waals surface area contributed by atoms with Gasteiger partial charge in [0.15, 0.2) is 0 Å². The Balaban J connectivity index is 1.87. The predicted octanol–water partition coefficient (Wildman–Crippen LogP) is 2.77. The number of nitrogens with one attached hydrogen (secondary N) is 2. The smallest absolute Gasteiger partial charge is 0.313 e. The van der Waals surface area contributed by atoms with Crippen molar-refractivity contribution in [2.75, 3.05) is 5.32 Å². The number of amides is 2. The van der Waals surface area contributed by atoms with Crippen LogP contribution in [0.3, 0.4) is 0 Å². The van der Waals surface area contributed by atoms with Crippen LogP contribution < -0.4 is 10.6 Å². The predicted molar refractivity (Wildman–Crippen MR) is 78.9 cm³/mol. The van der Waals surface area contributed by atoms with Crippen molar-refractivity contribution in [3.63, 3.8) is 0 Å². The Kier molecular flexibility index (Phi) is 4.70. The minimum Gasteiger partial charge on any atom is -0.343 e. The zero-order chi connectivity index (χ0) is 13.7. The van der Waals surface area contributed by atoms with E-state index in [-0.39, 0.29) is 0 Å². The highest BCUT2D eigenvalue weighted by molar-refractivity contribution is 9.10. The average Bonchev–Trinajstić information content (AvgIpc) is 2.89. The molecule has 4 nitrogen and oxygen atoms in total. The Morgan fingerprint density at radius 1 is 1.16 bits per heavy atom. The second-order valence-electron chi connectivity index (χ2n) is 3.73. The summed E-state index contributed by atoms with van der Waals surface area (Å²) < 4.78 is 0.837. The van der Waals surface area contributed by atoms with Crippen molar-refractivity contribution in [1.82, 2.24) is 5.32 Å². The van der Waals surface area contributed by atoms with Crippen molar-refractivity contribution in [2.45, 2.75) is 6.54 Å². The second kappa shape index (κ2) is 6.49. The summed E-state index contributed by atoms with van der Waals surface area (Å²) in [6.07, 6.45) is 0. The van der Waals surface area contributed by atoms with Crippen molar-refractivity contribution in [1.29, 1.82) is 0 Å². The molecule has 0 saturated heterocycles. The van der Waals surface area contributed by atoms with E-state index in [1.807, 2.05) is 23.6 Å². The first-order valence-corrected chi connectivity index (χ1v) is 7.19. The van der Waals surface area contributed by atoms with Crippen LogP contribution in [0.25, 0.3) is 0 Å². The zero-order valence-electron chi connectivity index (χ0n) is 9.85. The second-order valence-corrected chi connectivity index (χ2v) is 5.67. The molecule has 19 heavy (non-hydrogen) atoms. The average molecular weight is 339 g/mol. The van der Waals surface area contributed by atoms with E-state index in [0.29, 0.717) is 12.2 Å². The molecule has 1 aromatic carbocycles. The summed E-state index contributed by atoms with van der Waals surface area (Å²) in [6, 6.07) is 10.9. The molecular weight excluding hydrogens is 328 g/mol. The number of benzene rings is 1. The van der Waals surface area contributed by atoms with Gasteiger partial charge >= 0.3 is 11.8 Å². The number of rotatable bonds is 3. The summed E-state index contributed by atoms with van der Waals surface area (Å²) in [6.45, 7) is 0.363. The molecule has 2 N–H and O–H groups in total. The van der Waals surface area contributed by atoms with Gasteiger partial charge in [0.05, 0.1) is 6.54 Å². The topological polar surface area (TPSA) is 58.2 Å². The molecule has 1 aromatic heterocycles. The number of anilines is 1. The lowest BCUT2D eigenvalue weighted by atomic mass is 10.3. The largest absolute Gasteiger partial charge is 0.343 e. The summed E-state index contributed by atoms with van der Waals surface area (Å²) in [4.78, 5) is 24.2. The maximum absolute atomic E-state index is 11.6. The fraction of sp³-hybridized carbons (Fsp3) is 0.0769. The Labute approximate surface area is 123 Å². The third-order valence-electron chi connectivity index (χ3n) is 2.29. The Bertz CT molecular complexity index is 584. The lowest BCUT2D eigenvalue weighted by Crippen LogP contribution is -2.34.